The second-order valence-corrected chi connectivity index (χ2v) is 4.92. The highest BCUT2D eigenvalue weighted by Crippen LogP contribution is 2.24. The number of carbonyl (C=O) groups excluding carboxylic acids is 1. The molecule has 0 fully saturated rings. The number of benzene rings is 1. The summed E-state index contributed by atoms with van der Waals surface area (Å²) in [5.41, 5.74) is 6.24. The maximum atomic E-state index is 11.3. The molecule has 3 N–H and O–H groups in total. The monoisotopic (exact) mass is 291 g/mol. The summed E-state index contributed by atoms with van der Waals surface area (Å²) in [6, 6.07) is 4.99. The number of amides is 1. The summed E-state index contributed by atoms with van der Waals surface area (Å²) in [4.78, 5) is 26.4. The molecule has 0 bridgehead atoms. The summed E-state index contributed by atoms with van der Waals surface area (Å²) >= 11 is 0. The van der Waals surface area contributed by atoms with E-state index in [1.807, 2.05) is 18.4 Å². The van der Waals surface area contributed by atoms with Crippen molar-refractivity contribution < 1.29 is 19.4 Å². The highest BCUT2D eigenvalue weighted by Gasteiger charge is 2.18. The lowest BCUT2D eigenvalue weighted by atomic mass is 10.2. The number of carboxylic acids is 1. The minimum Gasteiger partial charge on any atom is -0.478 e. The molecule has 0 atom stereocenters. The number of primary amides is 1. The van der Waals surface area contributed by atoms with Crippen LogP contribution in [0.3, 0.4) is 0 Å². The van der Waals surface area contributed by atoms with Crippen LogP contribution in [0.25, 0.3) is 11.0 Å². The topological polar surface area (TPSA) is 107 Å². The number of aromatic carboxylic acids is 1. The van der Waals surface area contributed by atoms with E-state index in [9.17, 15) is 14.7 Å². The van der Waals surface area contributed by atoms with E-state index in [0.29, 0.717) is 17.6 Å². The van der Waals surface area contributed by atoms with Crippen LogP contribution in [-0.4, -0.2) is 33.3 Å². The number of aromatic nitrogens is 2. The molecule has 0 saturated carbocycles. The van der Waals surface area contributed by atoms with E-state index in [2.05, 4.69) is 4.98 Å². The van der Waals surface area contributed by atoms with Crippen molar-refractivity contribution >= 4 is 23.1 Å². The summed E-state index contributed by atoms with van der Waals surface area (Å²) in [7, 11) is 0. The number of fused-ring (bicyclic) bond motifs is 1. The van der Waals surface area contributed by atoms with Gasteiger partial charge in [0.2, 0.25) is 0 Å². The normalized spacial score (nSPS) is 11.0. The smallest absolute Gasteiger partial charge is 0.404 e. The zero-order valence-corrected chi connectivity index (χ0v) is 11.9. The standard InChI is InChI=1S/C14H17N3O4/c1-8(2)12-16-11-9(13(18)19)4-3-5-10(11)17(12)6-7-21-14(15)20/h3-5,8H,6-7H2,1-2H3,(H2,15,20)(H,18,19). The molecule has 7 heteroatoms. The van der Waals surface area contributed by atoms with Gasteiger partial charge in [-0.25, -0.2) is 14.6 Å². The zero-order valence-electron chi connectivity index (χ0n) is 11.9. The third-order valence-electron chi connectivity index (χ3n) is 3.11. The predicted molar refractivity (Wildman–Crippen MR) is 76.3 cm³/mol. The molecule has 7 nitrogen and oxygen atoms in total. The van der Waals surface area contributed by atoms with Gasteiger partial charge in [0.25, 0.3) is 0 Å². The van der Waals surface area contributed by atoms with Gasteiger partial charge in [0, 0.05) is 5.92 Å². The first-order valence-corrected chi connectivity index (χ1v) is 6.56. The van der Waals surface area contributed by atoms with E-state index in [4.69, 9.17) is 10.5 Å². The van der Waals surface area contributed by atoms with Gasteiger partial charge < -0.3 is 20.1 Å². The number of carbonyl (C=O) groups is 2. The van der Waals surface area contributed by atoms with Gasteiger partial charge in [-0.3, -0.25) is 0 Å². The Morgan fingerprint density at radius 3 is 2.71 bits per heavy atom. The lowest BCUT2D eigenvalue weighted by Crippen LogP contribution is -2.17. The Labute approximate surface area is 121 Å². The number of imidazole rings is 1. The van der Waals surface area contributed by atoms with Crippen molar-refractivity contribution in [2.75, 3.05) is 6.61 Å². The summed E-state index contributed by atoms with van der Waals surface area (Å²) < 4.78 is 6.61. The van der Waals surface area contributed by atoms with Gasteiger partial charge in [0.1, 0.15) is 17.9 Å². The van der Waals surface area contributed by atoms with Crippen molar-refractivity contribution in [3.63, 3.8) is 0 Å². The Hall–Kier alpha value is -2.57. The number of hydrogen-bond donors (Lipinski definition) is 2. The fourth-order valence-electron chi connectivity index (χ4n) is 2.25. The molecule has 0 aliphatic carbocycles. The number of hydrogen-bond acceptors (Lipinski definition) is 4. The molecule has 1 aromatic heterocycles. The van der Waals surface area contributed by atoms with Gasteiger partial charge in [-0.1, -0.05) is 19.9 Å². The lowest BCUT2D eigenvalue weighted by molar-refractivity contribution is 0.0698. The second kappa shape index (κ2) is 5.82. The van der Waals surface area contributed by atoms with Crippen LogP contribution in [0, 0.1) is 0 Å². The molecular weight excluding hydrogens is 274 g/mol. The lowest BCUT2D eigenvalue weighted by Gasteiger charge is -2.11. The van der Waals surface area contributed by atoms with Crippen LogP contribution >= 0.6 is 0 Å². The number of carboxylic acid groups (broad SMARTS) is 1. The fraction of sp³-hybridized carbons (Fsp3) is 0.357. The van der Waals surface area contributed by atoms with Crippen molar-refractivity contribution in [3.8, 4) is 0 Å². The average molecular weight is 291 g/mol. The van der Waals surface area contributed by atoms with Crippen molar-refractivity contribution in [2.45, 2.75) is 26.3 Å². The van der Waals surface area contributed by atoms with E-state index in [-0.39, 0.29) is 18.1 Å². The number of ether oxygens (including phenoxy) is 1. The van der Waals surface area contributed by atoms with Crippen LogP contribution in [0.4, 0.5) is 4.79 Å². The predicted octanol–water partition coefficient (Wildman–Crippen LogP) is 1.95. The SMILES string of the molecule is CC(C)c1nc2c(C(=O)O)cccc2n1CCOC(N)=O. The molecule has 0 radical (unpaired) electrons. The molecule has 0 aliphatic rings. The Morgan fingerprint density at radius 2 is 2.14 bits per heavy atom. The Balaban J connectivity index is 2.50. The fourth-order valence-corrected chi connectivity index (χ4v) is 2.25. The molecule has 112 valence electrons. The van der Waals surface area contributed by atoms with Crippen molar-refractivity contribution in [3.05, 3.63) is 29.6 Å². The van der Waals surface area contributed by atoms with E-state index in [1.54, 1.807) is 12.1 Å². The summed E-state index contributed by atoms with van der Waals surface area (Å²) in [5, 5.41) is 9.24. The second-order valence-electron chi connectivity index (χ2n) is 4.92. The number of para-hydroxylation sites is 1. The van der Waals surface area contributed by atoms with Crippen molar-refractivity contribution in [1.29, 1.82) is 0 Å². The molecule has 2 rings (SSSR count). The molecule has 0 spiro atoms. The Kier molecular flexibility index (Phi) is 4.11. The maximum absolute atomic E-state index is 11.3. The van der Waals surface area contributed by atoms with E-state index in [1.165, 1.54) is 6.07 Å². The first-order chi connectivity index (χ1) is 9.91. The molecule has 21 heavy (non-hydrogen) atoms. The minimum absolute atomic E-state index is 0.104. The summed E-state index contributed by atoms with van der Waals surface area (Å²) in [6.07, 6.45) is -0.836. The van der Waals surface area contributed by atoms with Gasteiger partial charge in [0.15, 0.2) is 0 Å². The van der Waals surface area contributed by atoms with Gasteiger partial charge >= 0.3 is 12.1 Å². The van der Waals surface area contributed by atoms with Crippen molar-refractivity contribution in [2.24, 2.45) is 5.73 Å². The van der Waals surface area contributed by atoms with Gasteiger partial charge in [-0.05, 0) is 12.1 Å². The van der Waals surface area contributed by atoms with Crippen LogP contribution in [0.5, 0.6) is 0 Å². The van der Waals surface area contributed by atoms with E-state index in [0.717, 1.165) is 5.82 Å². The highest BCUT2D eigenvalue weighted by atomic mass is 16.5. The Morgan fingerprint density at radius 1 is 1.43 bits per heavy atom. The molecule has 0 unspecified atom stereocenters. The maximum Gasteiger partial charge on any atom is 0.404 e. The van der Waals surface area contributed by atoms with Crippen LogP contribution < -0.4 is 5.73 Å². The van der Waals surface area contributed by atoms with Crippen molar-refractivity contribution in [1.82, 2.24) is 9.55 Å². The first kappa shape index (κ1) is 14.8. The van der Waals surface area contributed by atoms with E-state index < -0.39 is 12.1 Å². The van der Waals surface area contributed by atoms with Gasteiger partial charge in [0.05, 0.1) is 17.6 Å². The van der Waals surface area contributed by atoms with Crippen LogP contribution in [0.2, 0.25) is 0 Å². The molecule has 0 saturated heterocycles. The quantitative estimate of drug-likeness (QED) is 0.875. The van der Waals surface area contributed by atoms with Crippen LogP contribution in [0.15, 0.2) is 18.2 Å². The van der Waals surface area contributed by atoms with Gasteiger partial charge in [-0.15, -0.1) is 0 Å². The molecular formula is C14H17N3O4. The average Bonchev–Trinajstić information content (AvgIpc) is 2.77. The molecule has 1 heterocycles. The van der Waals surface area contributed by atoms with Gasteiger partial charge in [-0.2, -0.15) is 0 Å². The third kappa shape index (κ3) is 2.96. The largest absolute Gasteiger partial charge is 0.478 e. The number of nitrogens with two attached hydrogens (primary N) is 1. The molecule has 1 amide bonds. The zero-order chi connectivity index (χ0) is 15.6. The highest BCUT2D eigenvalue weighted by molar-refractivity contribution is 6.01. The molecule has 1 aromatic carbocycles. The summed E-state index contributed by atoms with van der Waals surface area (Å²) in [6.45, 7) is 4.41. The minimum atomic E-state index is -1.02. The van der Waals surface area contributed by atoms with Crippen LogP contribution in [-0.2, 0) is 11.3 Å². The first-order valence-electron chi connectivity index (χ1n) is 6.56. The van der Waals surface area contributed by atoms with E-state index >= 15 is 0 Å². The molecule has 2 aromatic rings. The molecule has 0 aliphatic heterocycles. The third-order valence-corrected chi connectivity index (χ3v) is 3.11. The Bertz CT molecular complexity index is 691. The number of nitrogens with zero attached hydrogens (tertiary/aromatic N) is 2. The summed E-state index contributed by atoms with van der Waals surface area (Å²) in [5.74, 6) is -0.173. The van der Waals surface area contributed by atoms with Crippen LogP contribution in [0.1, 0.15) is 35.9 Å². The number of rotatable bonds is 5.